The minimum Gasteiger partial charge on any atom is -0.466 e. The fourth-order valence-electron chi connectivity index (χ4n) is 2.46. The lowest BCUT2D eigenvalue weighted by Crippen LogP contribution is -2.31. The number of carbonyl (C=O) groups is 1. The normalized spacial score (nSPS) is 10.7. The minimum atomic E-state index is -0.00123. The molecule has 2 N–H and O–H groups in total. The van der Waals surface area contributed by atoms with Crippen molar-refractivity contribution >= 4 is 5.91 Å². The second kappa shape index (κ2) is 6.59. The van der Waals surface area contributed by atoms with Gasteiger partial charge in [-0.1, -0.05) is 24.3 Å². The van der Waals surface area contributed by atoms with Gasteiger partial charge < -0.3 is 15.1 Å². The molecule has 4 heteroatoms. The average molecular weight is 286 g/mol. The quantitative estimate of drug-likeness (QED) is 0.919. The molecule has 4 nitrogen and oxygen atoms in total. The van der Waals surface area contributed by atoms with Gasteiger partial charge in [-0.25, -0.2) is 0 Å². The van der Waals surface area contributed by atoms with E-state index in [2.05, 4.69) is 0 Å². The lowest BCUT2D eigenvalue weighted by molar-refractivity contribution is 0.0750. The average Bonchev–Trinajstić information content (AvgIpc) is 2.83. The lowest BCUT2D eigenvalue weighted by atomic mass is 10.1. The third kappa shape index (κ3) is 3.34. The summed E-state index contributed by atoms with van der Waals surface area (Å²) in [5, 5.41) is 0. The molecular weight excluding hydrogens is 264 g/mol. The Balaban J connectivity index is 2.24. The topological polar surface area (TPSA) is 59.5 Å². The molecule has 1 heterocycles. The number of nitrogens with zero attached hydrogens (tertiary/aromatic N) is 1. The molecule has 0 saturated carbocycles. The third-order valence-corrected chi connectivity index (χ3v) is 3.64. The van der Waals surface area contributed by atoms with Gasteiger partial charge in [0, 0.05) is 19.6 Å². The second-order valence-corrected chi connectivity index (χ2v) is 5.12. The van der Waals surface area contributed by atoms with E-state index in [4.69, 9.17) is 10.2 Å². The highest BCUT2D eigenvalue weighted by Gasteiger charge is 2.20. The van der Waals surface area contributed by atoms with Crippen LogP contribution in [-0.2, 0) is 13.1 Å². The van der Waals surface area contributed by atoms with E-state index in [0.29, 0.717) is 31.0 Å². The smallest absolute Gasteiger partial charge is 0.257 e. The predicted octanol–water partition coefficient (Wildman–Crippen LogP) is 3.02. The zero-order valence-corrected chi connectivity index (χ0v) is 12.8. The molecule has 1 amide bonds. The highest BCUT2D eigenvalue weighted by molar-refractivity contribution is 5.95. The maximum Gasteiger partial charge on any atom is 0.257 e. The van der Waals surface area contributed by atoms with Crippen LogP contribution < -0.4 is 5.73 Å². The Morgan fingerprint density at radius 3 is 2.43 bits per heavy atom. The van der Waals surface area contributed by atoms with E-state index in [1.165, 1.54) is 0 Å². The van der Waals surface area contributed by atoms with Crippen molar-refractivity contribution in [3.8, 4) is 0 Å². The van der Waals surface area contributed by atoms with Crippen molar-refractivity contribution in [1.29, 1.82) is 0 Å². The highest BCUT2D eigenvalue weighted by Crippen LogP contribution is 2.18. The van der Waals surface area contributed by atoms with Gasteiger partial charge in [0.2, 0.25) is 0 Å². The first-order valence-electron chi connectivity index (χ1n) is 7.20. The number of carbonyl (C=O) groups excluding carboxylic acids is 1. The molecule has 0 unspecified atom stereocenters. The first-order chi connectivity index (χ1) is 10.1. The van der Waals surface area contributed by atoms with Crippen molar-refractivity contribution in [2.45, 2.75) is 33.9 Å². The van der Waals surface area contributed by atoms with E-state index in [-0.39, 0.29) is 5.91 Å². The van der Waals surface area contributed by atoms with E-state index in [0.717, 1.165) is 16.9 Å². The Morgan fingerprint density at radius 2 is 1.90 bits per heavy atom. The van der Waals surface area contributed by atoms with Crippen LogP contribution in [-0.4, -0.2) is 17.4 Å². The van der Waals surface area contributed by atoms with E-state index in [1.807, 2.05) is 49.9 Å². The zero-order valence-electron chi connectivity index (χ0n) is 12.8. The Bertz CT molecular complexity index is 631. The van der Waals surface area contributed by atoms with Crippen molar-refractivity contribution in [3.63, 3.8) is 0 Å². The fraction of sp³-hybridized carbons (Fsp3) is 0.353. The van der Waals surface area contributed by atoms with Crippen molar-refractivity contribution in [3.05, 3.63) is 58.5 Å². The molecule has 0 bridgehead atoms. The first kappa shape index (κ1) is 15.3. The molecule has 0 atom stereocenters. The summed E-state index contributed by atoms with van der Waals surface area (Å²) in [4.78, 5) is 14.5. The number of hydrogen-bond donors (Lipinski definition) is 1. The lowest BCUT2D eigenvalue weighted by Gasteiger charge is -2.22. The number of rotatable bonds is 5. The largest absolute Gasteiger partial charge is 0.466 e. The van der Waals surface area contributed by atoms with Crippen LogP contribution in [0.15, 0.2) is 34.7 Å². The van der Waals surface area contributed by atoms with Crippen LogP contribution in [0.2, 0.25) is 0 Å². The SMILES string of the molecule is CCN(Cc1ccccc1CN)C(=O)c1cc(C)oc1C. The first-order valence-corrected chi connectivity index (χ1v) is 7.20. The maximum absolute atomic E-state index is 12.6. The number of furan rings is 1. The number of aryl methyl sites for hydroxylation is 2. The molecule has 21 heavy (non-hydrogen) atoms. The Kier molecular flexibility index (Phi) is 4.81. The molecule has 2 rings (SSSR count). The molecule has 2 aromatic rings. The van der Waals surface area contributed by atoms with Gasteiger partial charge in [-0.2, -0.15) is 0 Å². The van der Waals surface area contributed by atoms with Crippen LogP contribution >= 0.6 is 0 Å². The van der Waals surface area contributed by atoms with Crippen LogP contribution in [0, 0.1) is 13.8 Å². The Morgan fingerprint density at radius 1 is 1.24 bits per heavy atom. The summed E-state index contributed by atoms with van der Waals surface area (Å²) in [6, 6.07) is 9.76. The monoisotopic (exact) mass is 286 g/mol. The maximum atomic E-state index is 12.6. The molecular formula is C17H22N2O2. The molecule has 0 spiro atoms. The third-order valence-electron chi connectivity index (χ3n) is 3.64. The highest BCUT2D eigenvalue weighted by atomic mass is 16.3. The molecule has 0 fully saturated rings. The van der Waals surface area contributed by atoms with Gasteiger partial charge >= 0.3 is 0 Å². The fourth-order valence-corrected chi connectivity index (χ4v) is 2.46. The molecule has 1 aromatic carbocycles. The molecule has 0 radical (unpaired) electrons. The van der Waals surface area contributed by atoms with E-state index in [9.17, 15) is 4.79 Å². The standard InChI is InChI=1S/C17H22N2O2/c1-4-19(11-15-8-6-5-7-14(15)10-18)17(20)16-9-12(2)21-13(16)3/h5-9H,4,10-11,18H2,1-3H3. The molecule has 0 saturated heterocycles. The van der Waals surface area contributed by atoms with Crippen molar-refractivity contribution in [2.75, 3.05) is 6.54 Å². The molecule has 0 aliphatic heterocycles. The summed E-state index contributed by atoms with van der Waals surface area (Å²) in [6.07, 6.45) is 0. The number of benzene rings is 1. The zero-order chi connectivity index (χ0) is 15.4. The summed E-state index contributed by atoms with van der Waals surface area (Å²) in [5.74, 6) is 1.43. The minimum absolute atomic E-state index is 0.00123. The van der Waals surface area contributed by atoms with Gasteiger partial charge in [0.25, 0.3) is 5.91 Å². The van der Waals surface area contributed by atoms with Crippen LogP contribution in [0.3, 0.4) is 0 Å². The van der Waals surface area contributed by atoms with Gasteiger partial charge in [-0.15, -0.1) is 0 Å². The molecule has 1 aromatic heterocycles. The van der Waals surface area contributed by atoms with Gasteiger partial charge in [0.05, 0.1) is 5.56 Å². The van der Waals surface area contributed by atoms with E-state index < -0.39 is 0 Å². The second-order valence-electron chi connectivity index (χ2n) is 5.12. The van der Waals surface area contributed by atoms with Gasteiger partial charge in [-0.3, -0.25) is 4.79 Å². The summed E-state index contributed by atoms with van der Waals surface area (Å²) in [6.45, 7) is 7.33. The van der Waals surface area contributed by atoms with Gasteiger partial charge in [0.1, 0.15) is 11.5 Å². The molecule has 112 valence electrons. The van der Waals surface area contributed by atoms with E-state index in [1.54, 1.807) is 6.07 Å². The summed E-state index contributed by atoms with van der Waals surface area (Å²) < 4.78 is 5.46. The molecule has 0 aliphatic rings. The van der Waals surface area contributed by atoms with Gasteiger partial charge in [0.15, 0.2) is 0 Å². The number of hydrogen-bond acceptors (Lipinski definition) is 3. The summed E-state index contributed by atoms with van der Waals surface area (Å²) in [5.41, 5.74) is 8.57. The predicted molar refractivity (Wildman–Crippen MR) is 82.9 cm³/mol. The van der Waals surface area contributed by atoms with Crippen LogP contribution in [0.4, 0.5) is 0 Å². The Hall–Kier alpha value is -2.07. The van der Waals surface area contributed by atoms with Crippen molar-refractivity contribution in [1.82, 2.24) is 4.90 Å². The van der Waals surface area contributed by atoms with Crippen LogP contribution in [0.5, 0.6) is 0 Å². The van der Waals surface area contributed by atoms with Crippen molar-refractivity contribution in [2.24, 2.45) is 5.73 Å². The summed E-state index contributed by atoms with van der Waals surface area (Å²) in [7, 11) is 0. The number of amides is 1. The van der Waals surface area contributed by atoms with Crippen LogP contribution in [0.25, 0.3) is 0 Å². The Labute approximate surface area is 125 Å². The summed E-state index contributed by atoms with van der Waals surface area (Å²) >= 11 is 0. The van der Waals surface area contributed by atoms with Crippen molar-refractivity contribution < 1.29 is 9.21 Å². The van der Waals surface area contributed by atoms with E-state index >= 15 is 0 Å². The number of nitrogens with two attached hydrogens (primary N) is 1. The van der Waals surface area contributed by atoms with Crippen LogP contribution in [0.1, 0.15) is 39.9 Å². The molecule has 0 aliphatic carbocycles. The van der Waals surface area contributed by atoms with Gasteiger partial charge in [-0.05, 0) is 38.0 Å².